The van der Waals surface area contributed by atoms with E-state index in [1.165, 1.54) is 0 Å². The molecule has 72 valence electrons. The van der Waals surface area contributed by atoms with Gasteiger partial charge in [-0.05, 0) is 0 Å². The number of carbonyl (C=O) groups is 1. The molecule has 0 aromatic rings. The third-order valence-electron chi connectivity index (χ3n) is 0.795. The average molecular weight is 178 g/mol. The fourth-order valence-corrected chi connectivity index (χ4v) is 0.290. The van der Waals surface area contributed by atoms with Gasteiger partial charge in [0.1, 0.15) is 12.7 Å². The smallest absolute Gasteiger partial charge is 0.330 e. The zero-order chi connectivity index (χ0) is 9.98. The molecule has 1 unspecified atom stereocenters. The van der Waals surface area contributed by atoms with Gasteiger partial charge in [0.2, 0.25) is 0 Å². The number of esters is 1. The quantitative estimate of drug-likeness (QED) is 0.169. The number of hydrazine groups is 1. The van der Waals surface area contributed by atoms with Gasteiger partial charge >= 0.3 is 5.97 Å². The first-order valence-corrected chi connectivity index (χ1v) is 3.12. The second-order valence-electron chi connectivity index (χ2n) is 1.67. The van der Waals surface area contributed by atoms with Crippen LogP contribution in [0.15, 0.2) is 12.7 Å². The number of aliphatic hydroxyl groups excluding tert-OH is 2. The first-order valence-electron chi connectivity index (χ1n) is 3.12. The van der Waals surface area contributed by atoms with Crippen molar-refractivity contribution in [2.45, 2.75) is 6.10 Å². The van der Waals surface area contributed by atoms with Gasteiger partial charge in [0, 0.05) is 6.08 Å². The molecule has 0 aliphatic rings. The minimum Gasteiger partial charge on any atom is -0.460 e. The Morgan fingerprint density at radius 3 is 2.50 bits per heavy atom. The highest BCUT2D eigenvalue weighted by atomic mass is 16.5. The van der Waals surface area contributed by atoms with Gasteiger partial charge in [-0.2, -0.15) is 0 Å². The van der Waals surface area contributed by atoms with Crippen LogP contribution in [-0.4, -0.2) is 35.5 Å². The summed E-state index contributed by atoms with van der Waals surface area (Å²) in [5, 5.41) is 16.9. The van der Waals surface area contributed by atoms with Crippen LogP contribution in [0.5, 0.6) is 0 Å². The van der Waals surface area contributed by atoms with E-state index in [9.17, 15) is 4.79 Å². The van der Waals surface area contributed by atoms with E-state index < -0.39 is 18.7 Å². The van der Waals surface area contributed by atoms with E-state index in [4.69, 9.17) is 10.2 Å². The summed E-state index contributed by atoms with van der Waals surface area (Å²) in [5.74, 6) is 7.40. The van der Waals surface area contributed by atoms with Gasteiger partial charge < -0.3 is 14.9 Å². The fourth-order valence-electron chi connectivity index (χ4n) is 0.290. The predicted molar refractivity (Wildman–Crippen MR) is 42.6 cm³/mol. The van der Waals surface area contributed by atoms with E-state index >= 15 is 0 Å². The van der Waals surface area contributed by atoms with Crippen molar-refractivity contribution in [3.8, 4) is 0 Å². The van der Waals surface area contributed by atoms with Crippen molar-refractivity contribution in [1.29, 1.82) is 0 Å². The maximum absolute atomic E-state index is 10.3. The van der Waals surface area contributed by atoms with Crippen LogP contribution < -0.4 is 11.7 Å². The van der Waals surface area contributed by atoms with Crippen molar-refractivity contribution >= 4 is 5.97 Å². The summed E-state index contributed by atoms with van der Waals surface area (Å²) >= 11 is 0. The van der Waals surface area contributed by atoms with Crippen molar-refractivity contribution < 1.29 is 19.7 Å². The summed E-state index contributed by atoms with van der Waals surface area (Å²) in [7, 11) is 0. The molecular formula is C6H14N2O4. The molecule has 0 saturated carbocycles. The highest BCUT2D eigenvalue weighted by Gasteiger charge is 2.03. The molecule has 0 rings (SSSR count). The molecule has 0 amide bonds. The van der Waals surface area contributed by atoms with Crippen molar-refractivity contribution in [3.63, 3.8) is 0 Å². The standard InChI is InChI=1S/C6H10O4.H4N2/c1-2-6(9)10-4-5(8)3-7;1-2/h2,5,7-8H,1,3-4H2;1-2H2. The van der Waals surface area contributed by atoms with Crippen LogP contribution in [0, 0.1) is 0 Å². The summed E-state index contributed by atoms with van der Waals surface area (Å²) < 4.78 is 4.38. The van der Waals surface area contributed by atoms with Gasteiger partial charge in [-0.3, -0.25) is 11.7 Å². The first-order chi connectivity index (χ1) is 5.70. The molecule has 0 aromatic heterocycles. The molecule has 0 saturated heterocycles. The molecule has 0 radical (unpaired) electrons. The molecular weight excluding hydrogens is 164 g/mol. The van der Waals surface area contributed by atoms with Gasteiger partial charge in [0.25, 0.3) is 0 Å². The van der Waals surface area contributed by atoms with Crippen LogP contribution in [-0.2, 0) is 9.53 Å². The second kappa shape index (κ2) is 10.0. The number of nitrogens with two attached hydrogens (primary N) is 2. The highest BCUT2D eigenvalue weighted by molar-refractivity contribution is 5.81. The molecule has 6 heteroatoms. The third kappa shape index (κ3) is 9.05. The van der Waals surface area contributed by atoms with Gasteiger partial charge in [0.05, 0.1) is 6.61 Å². The van der Waals surface area contributed by atoms with Gasteiger partial charge in [-0.1, -0.05) is 6.58 Å². The van der Waals surface area contributed by atoms with E-state index in [-0.39, 0.29) is 6.61 Å². The molecule has 6 N–H and O–H groups in total. The van der Waals surface area contributed by atoms with Crippen LogP contribution >= 0.6 is 0 Å². The lowest BCUT2D eigenvalue weighted by Crippen LogP contribution is -2.21. The number of hydrogen-bond acceptors (Lipinski definition) is 6. The molecule has 1 atom stereocenters. The summed E-state index contributed by atoms with van der Waals surface area (Å²) in [6.45, 7) is 2.54. The summed E-state index contributed by atoms with van der Waals surface area (Å²) in [6, 6.07) is 0. The first kappa shape index (κ1) is 13.6. The maximum Gasteiger partial charge on any atom is 0.330 e. The minimum atomic E-state index is -0.996. The lowest BCUT2D eigenvalue weighted by molar-refractivity contribution is -0.141. The molecule has 12 heavy (non-hydrogen) atoms. The van der Waals surface area contributed by atoms with E-state index in [1.807, 2.05) is 0 Å². The van der Waals surface area contributed by atoms with Crippen LogP contribution in [0.3, 0.4) is 0 Å². The molecule has 0 spiro atoms. The maximum atomic E-state index is 10.3. The summed E-state index contributed by atoms with van der Waals surface area (Å²) in [4.78, 5) is 10.3. The topological polar surface area (TPSA) is 119 Å². The van der Waals surface area contributed by atoms with Crippen LogP contribution in [0.2, 0.25) is 0 Å². The molecule has 6 nitrogen and oxygen atoms in total. The Hall–Kier alpha value is -0.950. The normalized spacial score (nSPS) is 10.7. The SMILES string of the molecule is C=CC(=O)OCC(O)CO.NN. The van der Waals surface area contributed by atoms with Crippen LogP contribution in [0.4, 0.5) is 0 Å². The third-order valence-corrected chi connectivity index (χ3v) is 0.795. The van der Waals surface area contributed by atoms with Crippen molar-refractivity contribution in [2.24, 2.45) is 11.7 Å². The zero-order valence-electron chi connectivity index (χ0n) is 6.64. The van der Waals surface area contributed by atoms with Gasteiger partial charge in [0.15, 0.2) is 0 Å². The summed E-state index contributed by atoms with van der Waals surface area (Å²) in [6.07, 6.45) is -0.00622. The molecule has 0 aliphatic heterocycles. The molecule has 0 aliphatic carbocycles. The Kier molecular flexibility index (Phi) is 11.4. The van der Waals surface area contributed by atoms with Crippen LogP contribution in [0.25, 0.3) is 0 Å². The van der Waals surface area contributed by atoms with E-state index in [0.717, 1.165) is 6.08 Å². The monoisotopic (exact) mass is 178 g/mol. The zero-order valence-corrected chi connectivity index (χ0v) is 6.64. The lowest BCUT2D eigenvalue weighted by Gasteiger charge is -2.05. The molecule has 0 aromatic carbocycles. The fraction of sp³-hybridized carbons (Fsp3) is 0.500. The number of rotatable bonds is 4. The predicted octanol–water partition coefficient (Wildman–Crippen LogP) is -2.11. The second-order valence-corrected chi connectivity index (χ2v) is 1.67. The molecule has 0 fully saturated rings. The Morgan fingerprint density at radius 1 is 1.67 bits per heavy atom. The highest BCUT2D eigenvalue weighted by Crippen LogP contribution is 1.84. The number of aliphatic hydroxyl groups is 2. The molecule has 0 bridgehead atoms. The Labute approximate surface area is 70.4 Å². The largest absolute Gasteiger partial charge is 0.460 e. The Balaban J connectivity index is 0. The van der Waals surface area contributed by atoms with Crippen LogP contribution in [0.1, 0.15) is 0 Å². The van der Waals surface area contributed by atoms with Gasteiger partial charge in [-0.25, -0.2) is 4.79 Å². The lowest BCUT2D eigenvalue weighted by atomic mass is 10.4. The molecule has 0 heterocycles. The van der Waals surface area contributed by atoms with Crippen molar-refractivity contribution in [1.82, 2.24) is 0 Å². The van der Waals surface area contributed by atoms with E-state index in [1.54, 1.807) is 0 Å². The van der Waals surface area contributed by atoms with Crippen molar-refractivity contribution in [3.05, 3.63) is 12.7 Å². The number of carbonyl (C=O) groups excluding carboxylic acids is 1. The van der Waals surface area contributed by atoms with Gasteiger partial charge in [-0.15, -0.1) is 0 Å². The average Bonchev–Trinajstić information content (AvgIpc) is 2.16. The van der Waals surface area contributed by atoms with Crippen molar-refractivity contribution in [2.75, 3.05) is 13.2 Å². The number of hydrogen-bond donors (Lipinski definition) is 4. The minimum absolute atomic E-state index is 0.193. The number of ether oxygens (including phenoxy) is 1. The Bertz CT molecular complexity index is 129. The van der Waals surface area contributed by atoms with E-state index in [2.05, 4.69) is 23.0 Å². The van der Waals surface area contributed by atoms with E-state index in [0.29, 0.717) is 0 Å². The summed E-state index contributed by atoms with van der Waals surface area (Å²) in [5.41, 5.74) is 0. The Morgan fingerprint density at radius 2 is 2.17 bits per heavy atom.